The van der Waals surface area contributed by atoms with Crippen molar-refractivity contribution in [1.29, 1.82) is 0 Å². The zero-order chi connectivity index (χ0) is 21.0. The standard InChI is InChI=1S/C25H29NO3/c1-5-8-12-18-15-16-20(25(28)26(6-2)7-3)24-21(18)22(27)17(4)23(29-24)19-13-10-9-11-14-19/h9-11,13-16H,5-8,12H2,1-4H3. The molecular weight excluding hydrogens is 362 g/mol. The lowest BCUT2D eigenvalue weighted by molar-refractivity contribution is 0.0774. The lowest BCUT2D eigenvalue weighted by Crippen LogP contribution is -2.31. The smallest absolute Gasteiger partial charge is 0.257 e. The molecule has 0 fully saturated rings. The van der Waals surface area contributed by atoms with E-state index in [1.54, 1.807) is 11.8 Å². The molecule has 2 aromatic carbocycles. The number of carbonyl (C=O) groups is 1. The molecular formula is C25H29NO3. The van der Waals surface area contributed by atoms with Gasteiger partial charge >= 0.3 is 0 Å². The van der Waals surface area contributed by atoms with Crippen LogP contribution in [-0.2, 0) is 6.42 Å². The number of hydrogen-bond acceptors (Lipinski definition) is 3. The van der Waals surface area contributed by atoms with Gasteiger partial charge in [0.15, 0.2) is 11.0 Å². The van der Waals surface area contributed by atoms with Crippen molar-refractivity contribution in [3.8, 4) is 11.3 Å². The lowest BCUT2D eigenvalue weighted by atomic mass is 9.97. The molecule has 3 aromatic rings. The molecule has 0 aliphatic rings. The zero-order valence-electron chi connectivity index (χ0n) is 17.7. The van der Waals surface area contributed by atoms with Crippen LogP contribution in [0, 0.1) is 6.92 Å². The first-order chi connectivity index (χ1) is 14.0. The summed E-state index contributed by atoms with van der Waals surface area (Å²) in [5, 5.41) is 0.550. The highest BCUT2D eigenvalue weighted by Gasteiger charge is 2.23. The van der Waals surface area contributed by atoms with Crippen LogP contribution in [0.15, 0.2) is 51.7 Å². The lowest BCUT2D eigenvalue weighted by Gasteiger charge is -2.20. The quantitative estimate of drug-likeness (QED) is 0.527. The van der Waals surface area contributed by atoms with Crippen molar-refractivity contribution < 1.29 is 9.21 Å². The van der Waals surface area contributed by atoms with E-state index in [0.29, 0.717) is 40.9 Å². The molecule has 0 bridgehead atoms. The highest BCUT2D eigenvalue weighted by atomic mass is 16.3. The Labute approximate surface area is 172 Å². The van der Waals surface area contributed by atoms with E-state index in [2.05, 4.69) is 6.92 Å². The number of aryl methyl sites for hydroxylation is 1. The summed E-state index contributed by atoms with van der Waals surface area (Å²) in [6.07, 6.45) is 2.81. The van der Waals surface area contributed by atoms with Gasteiger partial charge in [0, 0.05) is 24.2 Å². The third-order valence-corrected chi connectivity index (χ3v) is 5.47. The second-order valence-corrected chi connectivity index (χ2v) is 7.31. The number of benzene rings is 2. The Morgan fingerprint density at radius 1 is 1.00 bits per heavy atom. The van der Waals surface area contributed by atoms with Gasteiger partial charge in [-0.3, -0.25) is 9.59 Å². The molecule has 0 saturated heterocycles. The van der Waals surface area contributed by atoms with Crippen molar-refractivity contribution in [2.45, 2.75) is 47.0 Å². The number of amides is 1. The molecule has 0 unspecified atom stereocenters. The highest BCUT2D eigenvalue weighted by Crippen LogP contribution is 2.30. The predicted octanol–water partition coefficient (Wildman–Crippen LogP) is 5.59. The van der Waals surface area contributed by atoms with Gasteiger partial charge in [0.2, 0.25) is 0 Å². The topological polar surface area (TPSA) is 50.5 Å². The normalized spacial score (nSPS) is 11.0. The van der Waals surface area contributed by atoms with Crippen LogP contribution in [0.3, 0.4) is 0 Å². The number of fused-ring (bicyclic) bond motifs is 1. The van der Waals surface area contributed by atoms with Crippen LogP contribution in [0.25, 0.3) is 22.3 Å². The first-order valence-electron chi connectivity index (χ1n) is 10.5. The summed E-state index contributed by atoms with van der Waals surface area (Å²) in [5.74, 6) is 0.428. The molecule has 1 heterocycles. The fraction of sp³-hybridized carbons (Fsp3) is 0.360. The summed E-state index contributed by atoms with van der Waals surface area (Å²) in [7, 11) is 0. The maximum atomic E-state index is 13.4. The van der Waals surface area contributed by atoms with Crippen LogP contribution in [0.4, 0.5) is 0 Å². The van der Waals surface area contributed by atoms with Crippen LogP contribution in [0.1, 0.15) is 55.1 Å². The van der Waals surface area contributed by atoms with Crippen molar-refractivity contribution in [2.75, 3.05) is 13.1 Å². The predicted molar refractivity (Wildman–Crippen MR) is 119 cm³/mol. The molecule has 1 aromatic heterocycles. The second kappa shape index (κ2) is 9.08. The molecule has 0 N–H and O–H groups in total. The number of unbranched alkanes of at least 4 members (excludes halogenated alkanes) is 1. The second-order valence-electron chi connectivity index (χ2n) is 7.31. The molecule has 0 spiro atoms. The minimum Gasteiger partial charge on any atom is -0.455 e. The average Bonchev–Trinajstić information content (AvgIpc) is 2.75. The molecule has 0 saturated carbocycles. The fourth-order valence-corrected chi connectivity index (χ4v) is 3.74. The summed E-state index contributed by atoms with van der Waals surface area (Å²) >= 11 is 0. The van der Waals surface area contributed by atoms with Crippen molar-refractivity contribution in [1.82, 2.24) is 4.90 Å². The number of carbonyl (C=O) groups excluding carboxylic acids is 1. The van der Waals surface area contributed by atoms with Crippen LogP contribution in [0.2, 0.25) is 0 Å². The third kappa shape index (κ3) is 3.98. The summed E-state index contributed by atoms with van der Waals surface area (Å²) in [4.78, 5) is 28.3. The van der Waals surface area contributed by atoms with Gasteiger partial charge in [-0.1, -0.05) is 49.7 Å². The number of nitrogens with zero attached hydrogens (tertiary/aromatic N) is 1. The minimum atomic E-state index is -0.104. The summed E-state index contributed by atoms with van der Waals surface area (Å²) in [5.41, 5.74) is 3.18. The fourth-order valence-electron chi connectivity index (χ4n) is 3.74. The first kappa shape index (κ1) is 20.8. The van der Waals surface area contributed by atoms with Gasteiger partial charge in [-0.25, -0.2) is 0 Å². The van der Waals surface area contributed by atoms with Crippen molar-refractivity contribution in [3.63, 3.8) is 0 Å². The maximum Gasteiger partial charge on any atom is 0.257 e. The van der Waals surface area contributed by atoms with Gasteiger partial charge in [-0.15, -0.1) is 0 Å². The number of rotatable bonds is 7. The molecule has 4 heteroatoms. The molecule has 3 rings (SSSR count). The van der Waals surface area contributed by atoms with Gasteiger partial charge in [-0.05, 0) is 45.2 Å². The zero-order valence-corrected chi connectivity index (χ0v) is 17.7. The Bertz CT molecular complexity index is 1060. The Morgan fingerprint density at radius 2 is 1.69 bits per heavy atom. The average molecular weight is 392 g/mol. The van der Waals surface area contributed by atoms with Crippen molar-refractivity contribution >= 4 is 16.9 Å². The highest BCUT2D eigenvalue weighted by molar-refractivity contribution is 6.06. The summed E-state index contributed by atoms with van der Waals surface area (Å²) < 4.78 is 6.32. The minimum absolute atomic E-state index is 0.0506. The molecule has 0 aliphatic carbocycles. The van der Waals surface area contributed by atoms with E-state index in [1.165, 1.54) is 0 Å². The van der Waals surface area contributed by atoms with Gasteiger partial charge in [-0.2, -0.15) is 0 Å². The van der Waals surface area contributed by atoms with Gasteiger partial charge < -0.3 is 9.32 Å². The van der Waals surface area contributed by atoms with Crippen molar-refractivity contribution in [3.05, 3.63) is 69.4 Å². The van der Waals surface area contributed by atoms with Crippen molar-refractivity contribution in [2.24, 2.45) is 0 Å². The van der Waals surface area contributed by atoms with E-state index in [4.69, 9.17) is 4.42 Å². The van der Waals surface area contributed by atoms with E-state index >= 15 is 0 Å². The largest absolute Gasteiger partial charge is 0.455 e. The van der Waals surface area contributed by atoms with Gasteiger partial charge in [0.25, 0.3) is 5.91 Å². The molecule has 29 heavy (non-hydrogen) atoms. The van der Waals surface area contributed by atoms with Crippen LogP contribution < -0.4 is 5.43 Å². The molecule has 0 radical (unpaired) electrons. The molecule has 152 valence electrons. The molecule has 0 aliphatic heterocycles. The van der Waals surface area contributed by atoms with E-state index in [0.717, 1.165) is 30.4 Å². The van der Waals surface area contributed by atoms with Crippen LogP contribution in [-0.4, -0.2) is 23.9 Å². The van der Waals surface area contributed by atoms with E-state index in [1.807, 2.05) is 56.3 Å². The maximum absolute atomic E-state index is 13.4. The van der Waals surface area contributed by atoms with Gasteiger partial charge in [0.1, 0.15) is 5.76 Å². The van der Waals surface area contributed by atoms with Gasteiger partial charge in [0.05, 0.1) is 10.9 Å². The van der Waals surface area contributed by atoms with Crippen LogP contribution in [0.5, 0.6) is 0 Å². The van der Waals surface area contributed by atoms with E-state index in [-0.39, 0.29) is 11.3 Å². The van der Waals surface area contributed by atoms with Crippen LogP contribution >= 0.6 is 0 Å². The SMILES string of the molecule is CCCCc1ccc(C(=O)N(CC)CC)c2oc(-c3ccccc3)c(C)c(=O)c12. The molecule has 0 atom stereocenters. The molecule has 1 amide bonds. The Balaban J connectivity index is 2.34. The van der Waals surface area contributed by atoms with E-state index < -0.39 is 0 Å². The Morgan fingerprint density at radius 3 is 2.31 bits per heavy atom. The van der Waals surface area contributed by atoms with E-state index in [9.17, 15) is 9.59 Å². The Hall–Kier alpha value is -2.88. The monoisotopic (exact) mass is 391 g/mol. The Kier molecular flexibility index (Phi) is 6.53. The summed E-state index contributed by atoms with van der Waals surface area (Å²) in [6.45, 7) is 9.05. The molecule has 4 nitrogen and oxygen atoms in total. The third-order valence-electron chi connectivity index (χ3n) is 5.47. The summed E-state index contributed by atoms with van der Waals surface area (Å²) in [6, 6.07) is 13.3. The first-order valence-corrected chi connectivity index (χ1v) is 10.5. The number of hydrogen-bond donors (Lipinski definition) is 0.